The van der Waals surface area contributed by atoms with Crippen LogP contribution in [0.4, 0.5) is 10.2 Å². The average molecular weight is 357 g/mol. The van der Waals surface area contributed by atoms with Gasteiger partial charge in [-0.1, -0.05) is 18.2 Å². The van der Waals surface area contributed by atoms with Crippen molar-refractivity contribution < 1.29 is 14.0 Å². The van der Waals surface area contributed by atoms with Gasteiger partial charge in [0.2, 0.25) is 6.41 Å². The Balaban J connectivity index is 1.57. The van der Waals surface area contributed by atoms with E-state index in [2.05, 4.69) is 15.3 Å². The van der Waals surface area contributed by atoms with Crippen molar-refractivity contribution in [2.75, 3.05) is 38.0 Å². The number of amides is 2. The molecule has 2 amide bonds. The maximum Gasteiger partial charge on any atom is 0.272 e. The molecule has 8 heteroatoms. The predicted molar refractivity (Wildman–Crippen MR) is 94.2 cm³/mol. The maximum absolute atomic E-state index is 13.6. The van der Waals surface area contributed by atoms with Crippen molar-refractivity contribution in [1.82, 2.24) is 19.8 Å². The fourth-order valence-corrected chi connectivity index (χ4v) is 2.79. The Morgan fingerprint density at radius 3 is 2.69 bits per heavy atom. The molecule has 0 unspecified atom stereocenters. The van der Waals surface area contributed by atoms with Gasteiger partial charge in [-0.15, -0.1) is 0 Å². The molecule has 1 fully saturated rings. The van der Waals surface area contributed by atoms with E-state index in [9.17, 15) is 14.0 Å². The smallest absolute Gasteiger partial charge is 0.272 e. The van der Waals surface area contributed by atoms with E-state index in [4.69, 9.17) is 0 Å². The molecule has 1 saturated heterocycles. The molecule has 0 radical (unpaired) electrons. The van der Waals surface area contributed by atoms with E-state index < -0.39 is 0 Å². The highest BCUT2D eigenvalue weighted by Crippen LogP contribution is 2.11. The van der Waals surface area contributed by atoms with Gasteiger partial charge in [-0.25, -0.2) is 14.4 Å². The Labute approximate surface area is 150 Å². The Morgan fingerprint density at radius 2 is 1.96 bits per heavy atom. The van der Waals surface area contributed by atoms with Crippen LogP contribution in [0.15, 0.2) is 36.7 Å². The molecular formula is C18H20FN5O2. The molecule has 2 aromatic rings. The number of aromatic nitrogens is 2. The second-order valence-electron chi connectivity index (χ2n) is 5.99. The second-order valence-corrected chi connectivity index (χ2v) is 5.99. The van der Waals surface area contributed by atoms with Gasteiger partial charge >= 0.3 is 0 Å². The van der Waals surface area contributed by atoms with Crippen molar-refractivity contribution in [2.45, 2.75) is 6.42 Å². The summed E-state index contributed by atoms with van der Waals surface area (Å²) in [6.07, 6.45) is 2.64. The highest BCUT2D eigenvalue weighted by Gasteiger charge is 2.22. The third-order valence-electron chi connectivity index (χ3n) is 4.30. The maximum atomic E-state index is 13.6. The molecule has 1 N–H and O–H groups in total. The lowest BCUT2D eigenvalue weighted by atomic mass is 10.1. The molecule has 0 spiro atoms. The fraction of sp³-hybridized carbons (Fsp3) is 0.333. The summed E-state index contributed by atoms with van der Waals surface area (Å²) in [6, 6.07) is 8.22. The molecule has 7 nitrogen and oxygen atoms in total. The fourth-order valence-electron chi connectivity index (χ4n) is 2.79. The topological polar surface area (TPSA) is 78.4 Å². The largest absolute Gasteiger partial charge is 0.370 e. The Hall–Kier alpha value is -3.03. The van der Waals surface area contributed by atoms with E-state index in [1.54, 1.807) is 34.1 Å². The molecule has 136 valence electrons. The number of nitrogens with one attached hydrogen (secondary N) is 1. The molecule has 26 heavy (non-hydrogen) atoms. The molecule has 1 aromatic heterocycles. The lowest BCUT2D eigenvalue weighted by Gasteiger charge is -2.32. The summed E-state index contributed by atoms with van der Waals surface area (Å²) in [7, 11) is 0. The third kappa shape index (κ3) is 4.33. The zero-order chi connectivity index (χ0) is 18.4. The van der Waals surface area contributed by atoms with Crippen molar-refractivity contribution >= 4 is 18.1 Å². The molecule has 2 heterocycles. The quantitative estimate of drug-likeness (QED) is 0.786. The highest BCUT2D eigenvalue weighted by molar-refractivity contribution is 5.93. The van der Waals surface area contributed by atoms with Crippen LogP contribution >= 0.6 is 0 Å². The van der Waals surface area contributed by atoms with E-state index >= 15 is 0 Å². The van der Waals surface area contributed by atoms with Crippen LogP contribution in [0.3, 0.4) is 0 Å². The summed E-state index contributed by atoms with van der Waals surface area (Å²) in [6.45, 7) is 2.50. The van der Waals surface area contributed by atoms with Gasteiger partial charge in [0.15, 0.2) is 0 Å². The number of carbonyl (C=O) groups excluding carboxylic acids is 2. The van der Waals surface area contributed by atoms with Crippen LogP contribution < -0.4 is 5.32 Å². The van der Waals surface area contributed by atoms with Gasteiger partial charge in [-0.3, -0.25) is 9.59 Å². The number of anilines is 1. The first-order chi connectivity index (χ1) is 12.7. The van der Waals surface area contributed by atoms with E-state index in [1.165, 1.54) is 12.4 Å². The minimum atomic E-state index is -0.234. The molecule has 1 aromatic carbocycles. The van der Waals surface area contributed by atoms with Gasteiger partial charge in [0.1, 0.15) is 23.7 Å². The van der Waals surface area contributed by atoms with E-state index in [0.29, 0.717) is 56.2 Å². The lowest BCUT2D eigenvalue weighted by molar-refractivity contribution is -0.119. The molecule has 0 saturated carbocycles. The summed E-state index contributed by atoms with van der Waals surface area (Å²) in [5.41, 5.74) is 0.923. The second kappa shape index (κ2) is 8.37. The van der Waals surface area contributed by atoms with Gasteiger partial charge in [0, 0.05) is 38.8 Å². The monoisotopic (exact) mass is 357 g/mol. The Morgan fingerprint density at radius 1 is 1.19 bits per heavy atom. The number of halogens is 1. The van der Waals surface area contributed by atoms with Crippen LogP contribution in [0, 0.1) is 5.82 Å². The van der Waals surface area contributed by atoms with Crippen LogP contribution in [0.2, 0.25) is 0 Å². The molecule has 0 bridgehead atoms. The molecule has 0 atom stereocenters. The summed E-state index contributed by atoms with van der Waals surface area (Å²) >= 11 is 0. The van der Waals surface area contributed by atoms with Crippen LogP contribution in [-0.2, 0) is 11.2 Å². The molecular weight excluding hydrogens is 337 g/mol. The average Bonchev–Trinajstić information content (AvgIpc) is 2.69. The normalized spacial score (nSPS) is 14.2. The van der Waals surface area contributed by atoms with Crippen molar-refractivity contribution in [3.05, 3.63) is 53.7 Å². The van der Waals surface area contributed by atoms with Gasteiger partial charge in [0.25, 0.3) is 5.91 Å². The zero-order valence-corrected chi connectivity index (χ0v) is 14.3. The highest BCUT2D eigenvalue weighted by atomic mass is 19.1. The minimum Gasteiger partial charge on any atom is -0.370 e. The van der Waals surface area contributed by atoms with E-state index in [0.717, 1.165) is 6.41 Å². The van der Waals surface area contributed by atoms with E-state index in [1.807, 2.05) is 0 Å². The molecule has 1 aliphatic heterocycles. The van der Waals surface area contributed by atoms with Gasteiger partial charge in [0.05, 0.1) is 0 Å². The van der Waals surface area contributed by atoms with E-state index in [-0.39, 0.29) is 11.7 Å². The number of carbonyl (C=O) groups is 2. The zero-order valence-electron chi connectivity index (χ0n) is 14.3. The Kier molecular flexibility index (Phi) is 5.73. The summed E-state index contributed by atoms with van der Waals surface area (Å²) in [4.78, 5) is 34.7. The Bertz CT molecular complexity index is 778. The van der Waals surface area contributed by atoms with Crippen molar-refractivity contribution in [3.63, 3.8) is 0 Å². The summed E-state index contributed by atoms with van der Waals surface area (Å²) in [5, 5.41) is 3.09. The molecule has 1 aliphatic rings. The number of hydrogen-bond donors (Lipinski definition) is 1. The first kappa shape index (κ1) is 17.8. The number of piperazine rings is 1. The summed E-state index contributed by atoms with van der Waals surface area (Å²) < 4.78 is 13.6. The first-order valence-electron chi connectivity index (χ1n) is 8.45. The van der Waals surface area contributed by atoms with Gasteiger partial charge in [-0.05, 0) is 18.1 Å². The van der Waals surface area contributed by atoms with Gasteiger partial charge in [-0.2, -0.15) is 0 Å². The van der Waals surface area contributed by atoms with Crippen molar-refractivity contribution in [2.24, 2.45) is 0 Å². The van der Waals surface area contributed by atoms with Crippen LogP contribution in [0.1, 0.15) is 16.1 Å². The lowest BCUT2D eigenvalue weighted by Crippen LogP contribution is -2.48. The van der Waals surface area contributed by atoms with Gasteiger partial charge < -0.3 is 15.1 Å². The summed E-state index contributed by atoms with van der Waals surface area (Å²) in [5.74, 6) is 0.101. The molecule has 3 rings (SSSR count). The van der Waals surface area contributed by atoms with Crippen LogP contribution in [-0.4, -0.2) is 64.8 Å². The van der Waals surface area contributed by atoms with Crippen LogP contribution in [0.25, 0.3) is 0 Å². The SMILES string of the molecule is O=CN1CCN(C(=O)c2cc(NCCc3ccccc3F)ncn2)CC1. The number of hydrogen-bond acceptors (Lipinski definition) is 5. The molecule has 0 aliphatic carbocycles. The number of nitrogens with zero attached hydrogens (tertiary/aromatic N) is 4. The minimum absolute atomic E-state index is 0.185. The van der Waals surface area contributed by atoms with Crippen molar-refractivity contribution in [1.29, 1.82) is 0 Å². The van der Waals surface area contributed by atoms with Crippen molar-refractivity contribution in [3.8, 4) is 0 Å². The number of rotatable bonds is 6. The third-order valence-corrected chi connectivity index (χ3v) is 4.30. The van der Waals surface area contributed by atoms with Crippen LogP contribution in [0.5, 0.6) is 0 Å². The standard InChI is InChI=1S/C18H20FN5O2/c19-15-4-2-1-3-14(15)5-6-20-17-11-16(21-12-22-17)18(26)24-9-7-23(13-25)8-10-24/h1-4,11-13H,5-10H2,(H,20,21,22). The first-order valence-corrected chi connectivity index (χ1v) is 8.45. The predicted octanol–water partition coefficient (Wildman–Crippen LogP) is 1.18. The number of benzene rings is 1.